The maximum Gasteiger partial charge on any atom is 0.126 e. The standard InChI is InChI=1S/C11H12FN3O/c1-7-5-9(3-4-10(7)12)15-8(2)11(6-16)13-14-15/h3-5,16H,6H2,1-2H3. The molecule has 0 amide bonds. The maximum atomic E-state index is 13.1. The van der Waals surface area contributed by atoms with Crippen molar-refractivity contribution in [3.63, 3.8) is 0 Å². The van der Waals surface area contributed by atoms with Crippen LogP contribution in [0.1, 0.15) is 17.0 Å². The smallest absolute Gasteiger partial charge is 0.126 e. The van der Waals surface area contributed by atoms with Crippen LogP contribution in [0.3, 0.4) is 0 Å². The first kappa shape index (κ1) is 10.8. The minimum Gasteiger partial charge on any atom is -0.390 e. The van der Waals surface area contributed by atoms with Gasteiger partial charge in [-0.25, -0.2) is 9.07 Å². The normalized spacial score (nSPS) is 10.8. The van der Waals surface area contributed by atoms with Gasteiger partial charge < -0.3 is 5.11 Å². The Bertz CT molecular complexity index is 522. The van der Waals surface area contributed by atoms with Crippen LogP contribution >= 0.6 is 0 Å². The monoisotopic (exact) mass is 221 g/mol. The van der Waals surface area contributed by atoms with E-state index in [-0.39, 0.29) is 12.4 Å². The first-order valence-electron chi connectivity index (χ1n) is 4.92. The van der Waals surface area contributed by atoms with E-state index < -0.39 is 0 Å². The summed E-state index contributed by atoms with van der Waals surface area (Å²) < 4.78 is 14.7. The number of aliphatic hydroxyl groups is 1. The van der Waals surface area contributed by atoms with Crippen molar-refractivity contribution < 1.29 is 9.50 Å². The molecule has 0 atom stereocenters. The fraction of sp³-hybridized carbons (Fsp3) is 0.273. The molecule has 2 rings (SSSR count). The van der Waals surface area contributed by atoms with E-state index in [0.29, 0.717) is 11.3 Å². The summed E-state index contributed by atoms with van der Waals surface area (Å²) in [5, 5.41) is 16.7. The number of benzene rings is 1. The summed E-state index contributed by atoms with van der Waals surface area (Å²) in [4.78, 5) is 0. The molecule has 1 N–H and O–H groups in total. The van der Waals surface area contributed by atoms with Gasteiger partial charge in [0.2, 0.25) is 0 Å². The van der Waals surface area contributed by atoms with Crippen molar-refractivity contribution in [3.8, 4) is 5.69 Å². The number of aromatic nitrogens is 3. The van der Waals surface area contributed by atoms with Gasteiger partial charge in [0, 0.05) is 0 Å². The lowest BCUT2D eigenvalue weighted by atomic mass is 10.2. The molecule has 0 fully saturated rings. The third-order valence-electron chi connectivity index (χ3n) is 2.53. The van der Waals surface area contributed by atoms with Crippen LogP contribution in [0.5, 0.6) is 0 Å². The highest BCUT2D eigenvalue weighted by molar-refractivity contribution is 5.37. The molecule has 2 aromatic rings. The van der Waals surface area contributed by atoms with Gasteiger partial charge in [0.1, 0.15) is 11.5 Å². The second kappa shape index (κ2) is 4.02. The zero-order valence-electron chi connectivity index (χ0n) is 9.11. The van der Waals surface area contributed by atoms with Gasteiger partial charge in [0.25, 0.3) is 0 Å². The van der Waals surface area contributed by atoms with Gasteiger partial charge in [-0.15, -0.1) is 5.10 Å². The predicted octanol–water partition coefficient (Wildman–Crippen LogP) is 1.52. The van der Waals surface area contributed by atoms with Crippen LogP contribution in [0.25, 0.3) is 5.69 Å². The molecule has 0 aliphatic carbocycles. The van der Waals surface area contributed by atoms with Crippen LogP contribution in [0, 0.1) is 19.7 Å². The third-order valence-corrected chi connectivity index (χ3v) is 2.53. The van der Waals surface area contributed by atoms with Crippen LogP contribution in [0.15, 0.2) is 18.2 Å². The highest BCUT2D eigenvalue weighted by atomic mass is 19.1. The maximum absolute atomic E-state index is 13.1. The van der Waals surface area contributed by atoms with Crippen molar-refractivity contribution in [1.82, 2.24) is 15.0 Å². The van der Waals surface area contributed by atoms with E-state index in [9.17, 15) is 4.39 Å². The summed E-state index contributed by atoms with van der Waals surface area (Å²) in [7, 11) is 0. The van der Waals surface area contributed by atoms with E-state index >= 15 is 0 Å². The zero-order valence-corrected chi connectivity index (χ0v) is 9.11. The van der Waals surface area contributed by atoms with Gasteiger partial charge in [0.05, 0.1) is 18.0 Å². The molecule has 0 unspecified atom stereocenters. The topological polar surface area (TPSA) is 50.9 Å². The lowest BCUT2D eigenvalue weighted by Gasteiger charge is -2.05. The Morgan fingerprint density at radius 2 is 2.12 bits per heavy atom. The van der Waals surface area contributed by atoms with E-state index in [1.165, 1.54) is 6.07 Å². The summed E-state index contributed by atoms with van der Waals surface area (Å²) in [6, 6.07) is 4.72. The molecular weight excluding hydrogens is 209 g/mol. The number of hydrogen-bond donors (Lipinski definition) is 1. The predicted molar refractivity (Wildman–Crippen MR) is 56.7 cm³/mol. The lowest BCUT2D eigenvalue weighted by molar-refractivity contribution is 0.276. The van der Waals surface area contributed by atoms with Gasteiger partial charge >= 0.3 is 0 Å². The summed E-state index contributed by atoms with van der Waals surface area (Å²) >= 11 is 0. The Balaban J connectivity index is 2.50. The molecule has 0 saturated heterocycles. The van der Waals surface area contributed by atoms with Crippen molar-refractivity contribution in [1.29, 1.82) is 0 Å². The summed E-state index contributed by atoms with van der Waals surface area (Å²) in [6.45, 7) is 3.36. The molecule has 4 nitrogen and oxygen atoms in total. The van der Waals surface area contributed by atoms with Crippen LogP contribution in [-0.4, -0.2) is 20.1 Å². The van der Waals surface area contributed by atoms with Gasteiger partial charge in [-0.1, -0.05) is 5.21 Å². The van der Waals surface area contributed by atoms with Crippen molar-refractivity contribution >= 4 is 0 Å². The van der Waals surface area contributed by atoms with Gasteiger partial charge in [-0.2, -0.15) is 0 Å². The average molecular weight is 221 g/mol. The fourth-order valence-electron chi connectivity index (χ4n) is 1.51. The summed E-state index contributed by atoms with van der Waals surface area (Å²) in [5.41, 5.74) is 2.58. The number of nitrogens with zero attached hydrogens (tertiary/aromatic N) is 3. The second-order valence-electron chi connectivity index (χ2n) is 3.62. The van der Waals surface area contributed by atoms with E-state index in [0.717, 1.165) is 11.4 Å². The lowest BCUT2D eigenvalue weighted by Crippen LogP contribution is -2.00. The number of aryl methyl sites for hydroxylation is 1. The molecule has 1 aromatic heterocycles. The SMILES string of the molecule is Cc1cc(-n2nnc(CO)c2C)ccc1F. The molecule has 5 heteroatoms. The van der Waals surface area contributed by atoms with E-state index in [4.69, 9.17) is 5.11 Å². The molecular formula is C11H12FN3O. The van der Waals surface area contributed by atoms with E-state index in [1.54, 1.807) is 23.7 Å². The molecule has 16 heavy (non-hydrogen) atoms. The van der Waals surface area contributed by atoms with Crippen molar-refractivity contribution in [2.45, 2.75) is 20.5 Å². The van der Waals surface area contributed by atoms with Crippen LogP contribution in [0.2, 0.25) is 0 Å². The Morgan fingerprint density at radius 3 is 2.69 bits per heavy atom. The third kappa shape index (κ3) is 1.69. The Hall–Kier alpha value is -1.75. The molecule has 0 spiro atoms. The highest BCUT2D eigenvalue weighted by Crippen LogP contribution is 2.15. The van der Waals surface area contributed by atoms with Crippen molar-refractivity contribution in [2.24, 2.45) is 0 Å². The molecule has 1 heterocycles. The zero-order chi connectivity index (χ0) is 11.7. The highest BCUT2D eigenvalue weighted by Gasteiger charge is 2.09. The quantitative estimate of drug-likeness (QED) is 0.836. The number of rotatable bonds is 2. The molecule has 0 aliphatic rings. The van der Waals surface area contributed by atoms with Crippen molar-refractivity contribution in [2.75, 3.05) is 0 Å². The van der Waals surface area contributed by atoms with Gasteiger partial charge in [-0.05, 0) is 37.6 Å². The minimum atomic E-state index is -0.246. The molecule has 84 valence electrons. The molecule has 0 aliphatic heterocycles. The van der Waals surface area contributed by atoms with Gasteiger partial charge in [0.15, 0.2) is 0 Å². The summed E-state index contributed by atoms with van der Waals surface area (Å²) in [5.74, 6) is -0.246. The molecule has 0 radical (unpaired) electrons. The molecule has 1 aromatic carbocycles. The van der Waals surface area contributed by atoms with Crippen LogP contribution in [-0.2, 0) is 6.61 Å². The Labute approximate surface area is 92.3 Å². The Kier molecular flexibility index (Phi) is 2.70. The van der Waals surface area contributed by atoms with E-state index in [1.807, 2.05) is 6.92 Å². The molecule has 0 saturated carbocycles. The molecule has 0 bridgehead atoms. The van der Waals surface area contributed by atoms with Crippen molar-refractivity contribution in [3.05, 3.63) is 41.0 Å². The van der Waals surface area contributed by atoms with Crippen LogP contribution < -0.4 is 0 Å². The first-order valence-corrected chi connectivity index (χ1v) is 4.92. The van der Waals surface area contributed by atoms with Gasteiger partial charge in [-0.3, -0.25) is 0 Å². The Morgan fingerprint density at radius 1 is 1.38 bits per heavy atom. The first-order chi connectivity index (χ1) is 7.63. The fourth-order valence-corrected chi connectivity index (χ4v) is 1.51. The number of hydrogen-bond acceptors (Lipinski definition) is 3. The van der Waals surface area contributed by atoms with Crippen LogP contribution in [0.4, 0.5) is 4.39 Å². The largest absolute Gasteiger partial charge is 0.390 e. The summed E-state index contributed by atoms with van der Waals surface area (Å²) in [6.07, 6.45) is 0. The second-order valence-corrected chi connectivity index (χ2v) is 3.62. The average Bonchev–Trinajstić information content (AvgIpc) is 2.64. The minimum absolute atomic E-state index is 0.147. The number of halogens is 1. The van der Waals surface area contributed by atoms with E-state index in [2.05, 4.69) is 10.3 Å². The number of aliphatic hydroxyl groups excluding tert-OH is 1.